The number of benzene rings is 2. The Labute approximate surface area is 154 Å². The van der Waals surface area contributed by atoms with Crippen molar-refractivity contribution in [3.63, 3.8) is 0 Å². The van der Waals surface area contributed by atoms with Gasteiger partial charge in [-0.15, -0.1) is 0 Å². The largest absolute Gasteiger partial charge is 0.298 e. The maximum absolute atomic E-state index is 13.6. The van der Waals surface area contributed by atoms with Crippen molar-refractivity contribution >= 4 is 10.0 Å². The lowest BCUT2D eigenvalue weighted by atomic mass is 10.1. The van der Waals surface area contributed by atoms with Crippen molar-refractivity contribution < 1.29 is 17.2 Å². The topological polar surface area (TPSA) is 81.1 Å². The van der Waals surface area contributed by atoms with E-state index in [9.17, 15) is 22.0 Å². The smallest absolute Gasteiger partial charge is 0.253 e. The van der Waals surface area contributed by atoms with Crippen molar-refractivity contribution in [1.29, 1.82) is 0 Å². The third kappa shape index (κ3) is 4.44. The summed E-state index contributed by atoms with van der Waals surface area (Å²) in [7, 11) is -4.25. The number of aromatic nitrogens is 2. The Balaban J connectivity index is 1.70. The number of hydrogen-bond acceptors (Lipinski definition) is 4. The van der Waals surface area contributed by atoms with Gasteiger partial charge in [0.1, 0.15) is 16.5 Å². The molecule has 1 heterocycles. The van der Waals surface area contributed by atoms with E-state index in [2.05, 4.69) is 9.71 Å². The normalized spacial score (nSPS) is 11.5. The summed E-state index contributed by atoms with van der Waals surface area (Å²) in [5.74, 6) is -1.93. The highest BCUT2D eigenvalue weighted by molar-refractivity contribution is 7.89. The van der Waals surface area contributed by atoms with Gasteiger partial charge in [0.2, 0.25) is 10.0 Å². The van der Waals surface area contributed by atoms with E-state index in [1.165, 1.54) is 17.0 Å². The molecule has 0 radical (unpaired) electrons. The van der Waals surface area contributed by atoms with Gasteiger partial charge in [-0.25, -0.2) is 26.9 Å². The zero-order chi connectivity index (χ0) is 19.4. The van der Waals surface area contributed by atoms with Gasteiger partial charge in [0.15, 0.2) is 0 Å². The Morgan fingerprint density at radius 3 is 2.48 bits per heavy atom. The average Bonchev–Trinajstić information content (AvgIpc) is 2.65. The minimum atomic E-state index is -4.25. The van der Waals surface area contributed by atoms with E-state index in [-0.39, 0.29) is 18.6 Å². The molecule has 0 aliphatic rings. The first-order valence-corrected chi connectivity index (χ1v) is 9.42. The van der Waals surface area contributed by atoms with Gasteiger partial charge < -0.3 is 0 Å². The number of nitrogens with zero attached hydrogens (tertiary/aromatic N) is 2. The summed E-state index contributed by atoms with van der Waals surface area (Å²) in [4.78, 5) is 15.6. The SMILES string of the molecule is O=c1cc(-c2ccccc2)ncn1CCNS(=O)(=O)c1cc(F)ccc1F. The molecule has 0 aliphatic carbocycles. The molecule has 27 heavy (non-hydrogen) atoms. The molecule has 0 aliphatic heterocycles. The van der Waals surface area contributed by atoms with Crippen LogP contribution in [0.4, 0.5) is 8.78 Å². The van der Waals surface area contributed by atoms with Gasteiger partial charge >= 0.3 is 0 Å². The molecule has 0 unspecified atom stereocenters. The van der Waals surface area contributed by atoms with Crippen LogP contribution in [0.15, 0.2) is 70.6 Å². The minimum Gasteiger partial charge on any atom is -0.298 e. The molecular formula is C18H15F2N3O3S. The summed E-state index contributed by atoms with van der Waals surface area (Å²) in [6.45, 7) is -0.207. The maximum Gasteiger partial charge on any atom is 0.253 e. The Kier molecular flexibility index (Phi) is 5.43. The number of sulfonamides is 1. The van der Waals surface area contributed by atoms with E-state index in [1.807, 2.05) is 30.3 Å². The predicted octanol–water partition coefficient (Wildman–Crippen LogP) is 2.17. The minimum absolute atomic E-state index is 0.0168. The van der Waals surface area contributed by atoms with Crippen LogP contribution < -0.4 is 10.3 Å². The van der Waals surface area contributed by atoms with Crippen LogP contribution in [0.2, 0.25) is 0 Å². The average molecular weight is 391 g/mol. The molecule has 6 nitrogen and oxygen atoms in total. The molecule has 0 amide bonds. The molecule has 0 atom stereocenters. The van der Waals surface area contributed by atoms with Gasteiger partial charge in [-0.05, 0) is 18.2 Å². The molecule has 9 heteroatoms. The Hall–Kier alpha value is -2.91. The van der Waals surface area contributed by atoms with E-state index in [1.54, 1.807) is 0 Å². The molecule has 0 saturated carbocycles. The first kappa shape index (κ1) is 18.9. The second kappa shape index (κ2) is 7.77. The summed E-state index contributed by atoms with van der Waals surface area (Å²) in [6, 6.07) is 12.6. The molecule has 0 saturated heterocycles. The first-order chi connectivity index (χ1) is 12.9. The highest BCUT2D eigenvalue weighted by Crippen LogP contribution is 2.15. The molecule has 1 N–H and O–H groups in total. The fraction of sp³-hybridized carbons (Fsp3) is 0.111. The number of nitrogens with one attached hydrogen (secondary N) is 1. The lowest BCUT2D eigenvalue weighted by Crippen LogP contribution is -2.31. The van der Waals surface area contributed by atoms with E-state index in [4.69, 9.17) is 0 Å². The monoisotopic (exact) mass is 391 g/mol. The number of halogens is 2. The van der Waals surface area contributed by atoms with Crippen LogP contribution in [0.5, 0.6) is 0 Å². The fourth-order valence-electron chi connectivity index (χ4n) is 2.42. The first-order valence-electron chi connectivity index (χ1n) is 7.93. The molecular weight excluding hydrogens is 376 g/mol. The molecule has 1 aromatic heterocycles. The van der Waals surface area contributed by atoms with Gasteiger partial charge in [-0.1, -0.05) is 30.3 Å². The van der Waals surface area contributed by atoms with Crippen molar-refractivity contribution in [3.05, 3.63) is 82.9 Å². The standard InChI is InChI=1S/C18H15F2N3O3S/c19-14-6-7-15(20)17(10-14)27(25,26)22-8-9-23-12-21-16(11-18(23)24)13-4-2-1-3-5-13/h1-7,10-12,22H,8-9H2. The Morgan fingerprint density at radius 1 is 1.04 bits per heavy atom. The van der Waals surface area contributed by atoms with Gasteiger partial charge in [-0.2, -0.15) is 0 Å². The Bertz CT molecular complexity index is 1120. The molecule has 0 fully saturated rings. The van der Waals surface area contributed by atoms with Gasteiger partial charge in [0.05, 0.1) is 12.0 Å². The second-order valence-electron chi connectivity index (χ2n) is 5.64. The van der Waals surface area contributed by atoms with Crippen molar-refractivity contribution in [2.45, 2.75) is 11.4 Å². The summed E-state index contributed by atoms with van der Waals surface area (Å²) in [6.07, 6.45) is 1.31. The fourth-order valence-corrected chi connectivity index (χ4v) is 3.53. The Morgan fingerprint density at radius 2 is 1.78 bits per heavy atom. The third-order valence-electron chi connectivity index (χ3n) is 3.78. The van der Waals surface area contributed by atoms with Crippen LogP contribution in [0.3, 0.4) is 0 Å². The van der Waals surface area contributed by atoms with Crippen LogP contribution >= 0.6 is 0 Å². The molecule has 0 bridgehead atoms. The van der Waals surface area contributed by atoms with Gasteiger partial charge in [0.25, 0.3) is 5.56 Å². The van der Waals surface area contributed by atoms with Crippen LogP contribution in [-0.4, -0.2) is 24.5 Å². The highest BCUT2D eigenvalue weighted by Gasteiger charge is 2.19. The van der Waals surface area contributed by atoms with E-state index in [0.717, 1.165) is 17.7 Å². The molecule has 2 aromatic carbocycles. The van der Waals surface area contributed by atoms with Crippen LogP contribution in [-0.2, 0) is 16.6 Å². The quantitative estimate of drug-likeness (QED) is 0.698. The molecule has 3 aromatic rings. The maximum atomic E-state index is 13.6. The summed E-state index contributed by atoms with van der Waals surface area (Å²) < 4.78 is 54.4. The lowest BCUT2D eigenvalue weighted by molar-refractivity contribution is 0.540. The zero-order valence-corrected chi connectivity index (χ0v) is 14.8. The van der Waals surface area contributed by atoms with Crippen molar-refractivity contribution in [2.75, 3.05) is 6.54 Å². The summed E-state index contributed by atoms with van der Waals surface area (Å²) in [5, 5.41) is 0. The molecule has 3 rings (SSSR count). The van der Waals surface area contributed by atoms with Gasteiger partial charge in [0, 0.05) is 24.7 Å². The van der Waals surface area contributed by atoms with Crippen molar-refractivity contribution in [1.82, 2.24) is 14.3 Å². The van der Waals surface area contributed by atoms with Crippen molar-refractivity contribution in [2.24, 2.45) is 0 Å². The molecule has 0 spiro atoms. The van der Waals surface area contributed by atoms with E-state index < -0.39 is 26.6 Å². The number of rotatable bonds is 6. The van der Waals surface area contributed by atoms with Gasteiger partial charge in [-0.3, -0.25) is 9.36 Å². The lowest BCUT2D eigenvalue weighted by Gasteiger charge is -2.09. The summed E-state index contributed by atoms with van der Waals surface area (Å²) >= 11 is 0. The third-order valence-corrected chi connectivity index (χ3v) is 5.25. The molecule has 140 valence electrons. The summed E-state index contributed by atoms with van der Waals surface area (Å²) in [5.41, 5.74) is 0.920. The second-order valence-corrected chi connectivity index (χ2v) is 7.38. The van der Waals surface area contributed by atoms with Crippen molar-refractivity contribution in [3.8, 4) is 11.3 Å². The van der Waals surface area contributed by atoms with Crippen LogP contribution in [0, 0.1) is 11.6 Å². The van der Waals surface area contributed by atoms with Crippen LogP contribution in [0.25, 0.3) is 11.3 Å². The number of hydrogen-bond donors (Lipinski definition) is 1. The van der Waals surface area contributed by atoms with E-state index >= 15 is 0 Å². The van der Waals surface area contributed by atoms with Crippen LogP contribution in [0.1, 0.15) is 0 Å². The predicted molar refractivity (Wildman–Crippen MR) is 95.5 cm³/mol. The highest BCUT2D eigenvalue weighted by atomic mass is 32.2. The van der Waals surface area contributed by atoms with E-state index in [0.29, 0.717) is 11.8 Å². The zero-order valence-electron chi connectivity index (χ0n) is 14.0.